The summed E-state index contributed by atoms with van der Waals surface area (Å²) in [6, 6.07) is 5.44. The smallest absolute Gasteiger partial charge is 0.138 e. The molecule has 1 aromatic heterocycles. The lowest BCUT2D eigenvalue weighted by atomic mass is 9.98. The summed E-state index contributed by atoms with van der Waals surface area (Å²) in [5.41, 5.74) is 1.97. The standard InChI is InChI=1S/C15H17Cl2NO2/c1-4-13-9(5-6-20-13)15(18-2)10-7-12(17)14(19-3)8-11(10)16/h5-8,15,18H,4H2,1-3H3. The molecule has 0 bridgehead atoms. The Balaban J connectivity index is 2.50. The van der Waals surface area contributed by atoms with Crippen LogP contribution in [0.4, 0.5) is 0 Å². The first-order valence-electron chi connectivity index (χ1n) is 6.38. The van der Waals surface area contributed by atoms with Gasteiger partial charge in [-0.2, -0.15) is 0 Å². The molecular formula is C15H17Cl2NO2. The van der Waals surface area contributed by atoms with Gasteiger partial charge in [-0.1, -0.05) is 30.1 Å². The van der Waals surface area contributed by atoms with Crippen LogP contribution in [0.25, 0.3) is 0 Å². The number of benzene rings is 1. The van der Waals surface area contributed by atoms with Crippen LogP contribution in [0.5, 0.6) is 5.75 Å². The van der Waals surface area contributed by atoms with E-state index >= 15 is 0 Å². The number of halogens is 2. The summed E-state index contributed by atoms with van der Waals surface area (Å²) in [6.45, 7) is 2.05. The lowest BCUT2D eigenvalue weighted by molar-refractivity contribution is 0.414. The van der Waals surface area contributed by atoms with Gasteiger partial charge in [-0.3, -0.25) is 0 Å². The van der Waals surface area contributed by atoms with Crippen LogP contribution in [0, 0.1) is 0 Å². The molecule has 0 aliphatic carbocycles. The zero-order valence-corrected chi connectivity index (χ0v) is 13.2. The van der Waals surface area contributed by atoms with Crippen LogP contribution in [-0.2, 0) is 6.42 Å². The normalized spacial score (nSPS) is 12.4. The summed E-state index contributed by atoms with van der Waals surface area (Å²) in [4.78, 5) is 0. The third-order valence-corrected chi connectivity index (χ3v) is 3.91. The minimum atomic E-state index is -0.0698. The van der Waals surface area contributed by atoms with Gasteiger partial charge in [0.15, 0.2) is 0 Å². The van der Waals surface area contributed by atoms with Crippen LogP contribution in [0.2, 0.25) is 10.0 Å². The monoisotopic (exact) mass is 313 g/mol. The summed E-state index contributed by atoms with van der Waals surface area (Å²) in [5.74, 6) is 1.51. The molecule has 0 aliphatic rings. The molecule has 1 atom stereocenters. The van der Waals surface area contributed by atoms with Gasteiger partial charge in [-0.25, -0.2) is 0 Å². The maximum Gasteiger partial charge on any atom is 0.138 e. The molecule has 1 unspecified atom stereocenters. The van der Waals surface area contributed by atoms with Crippen molar-refractivity contribution in [3.05, 3.63) is 51.4 Å². The van der Waals surface area contributed by atoms with E-state index in [1.165, 1.54) is 0 Å². The van der Waals surface area contributed by atoms with E-state index in [4.69, 9.17) is 32.4 Å². The molecule has 0 aliphatic heterocycles. The largest absolute Gasteiger partial charge is 0.495 e. The summed E-state index contributed by atoms with van der Waals surface area (Å²) in [5, 5.41) is 4.40. The number of methoxy groups -OCH3 is 1. The molecular weight excluding hydrogens is 297 g/mol. The molecule has 1 heterocycles. The molecule has 0 saturated heterocycles. The van der Waals surface area contributed by atoms with Crippen molar-refractivity contribution in [1.29, 1.82) is 0 Å². The van der Waals surface area contributed by atoms with E-state index in [0.717, 1.165) is 23.3 Å². The number of aryl methyl sites for hydroxylation is 1. The zero-order valence-electron chi connectivity index (χ0n) is 11.7. The van der Waals surface area contributed by atoms with Gasteiger partial charge in [-0.05, 0) is 24.7 Å². The highest BCUT2D eigenvalue weighted by atomic mass is 35.5. The van der Waals surface area contributed by atoms with Gasteiger partial charge >= 0.3 is 0 Å². The van der Waals surface area contributed by atoms with Crippen molar-refractivity contribution >= 4 is 23.2 Å². The molecule has 1 aromatic carbocycles. The second-order valence-corrected chi connectivity index (χ2v) is 5.20. The van der Waals surface area contributed by atoms with Gasteiger partial charge in [-0.15, -0.1) is 0 Å². The lowest BCUT2D eigenvalue weighted by Gasteiger charge is -2.19. The van der Waals surface area contributed by atoms with Crippen LogP contribution in [0.15, 0.2) is 28.9 Å². The lowest BCUT2D eigenvalue weighted by Crippen LogP contribution is -2.18. The highest BCUT2D eigenvalue weighted by Gasteiger charge is 2.21. The van der Waals surface area contributed by atoms with Crippen LogP contribution in [0.3, 0.4) is 0 Å². The Morgan fingerprint density at radius 3 is 2.60 bits per heavy atom. The van der Waals surface area contributed by atoms with Gasteiger partial charge in [0.2, 0.25) is 0 Å². The molecule has 108 valence electrons. The Morgan fingerprint density at radius 2 is 2.00 bits per heavy atom. The molecule has 0 saturated carbocycles. The van der Waals surface area contributed by atoms with Gasteiger partial charge < -0.3 is 14.5 Å². The van der Waals surface area contributed by atoms with E-state index in [1.54, 1.807) is 19.4 Å². The van der Waals surface area contributed by atoms with Crippen molar-refractivity contribution < 1.29 is 9.15 Å². The van der Waals surface area contributed by atoms with Crippen LogP contribution in [-0.4, -0.2) is 14.2 Å². The number of hydrogen-bond donors (Lipinski definition) is 1. The molecule has 0 radical (unpaired) electrons. The van der Waals surface area contributed by atoms with E-state index in [0.29, 0.717) is 15.8 Å². The molecule has 0 spiro atoms. The minimum Gasteiger partial charge on any atom is -0.495 e. The Bertz CT molecular complexity index is 596. The van der Waals surface area contributed by atoms with Crippen molar-refractivity contribution in [2.75, 3.05) is 14.2 Å². The van der Waals surface area contributed by atoms with E-state index in [1.807, 2.05) is 19.2 Å². The second kappa shape index (κ2) is 6.53. The third-order valence-electron chi connectivity index (χ3n) is 3.28. The predicted molar refractivity (Wildman–Crippen MR) is 82.0 cm³/mol. The van der Waals surface area contributed by atoms with Crippen molar-refractivity contribution in [3.63, 3.8) is 0 Å². The molecule has 1 N–H and O–H groups in total. The van der Waals surface area contributed by atoms with E-state index in [-0.39, 0.29) is 6.04 Å². The van der Waals surface area contributed by atoms with Crippen LogP contribution < -0.4 is 10.1 Å². The Morgan fingerprint density at radius 1 is 1.25 bits per heavy atom. The van der Waals surface area contributed by atoms with Gasteiger partial charge in [0.25, 0.3) is 0 Å². The fraction of sp³-hybridized carbons (Fsp3) is 0.333. The molecule has 0 fully saturated rings. The van der Waals surface area contributed by atoms with E-state index in [2.05, 4.69) is 12.2 Å². The van der Waals surface area contributed by atoms with Crippen LogP contribution in [0.1, 0.15) is 29.9 Å². The maximum absolute atomic E-state index is 6.36. The average Bonchev–Trinajstić information content (AvgIpc) is 2.91. The Labute approximate surface area is 128 Å². The fourth-order valence-electron chi connectivity index (χ4n) is 2.30. The predicted octanol–water partition coefficient (Wildman–Crippen LogP) is 4.47. The van der Waals surface area contributed by atoms with Crippen LogP contribution >= 0.6 is 23.2 Å². The number of furan rings is 1. The average molecular weight is 314 g/mol. The summed E-state index contributed by atoms with van der Waals surface area (Å²) < 4.78 is 10.7. The first kappa shape index (κ1) is 15.2. The number of rotatable bonds is 5. The number of hydrogen-bond acceptors (Lipinski definition) is 3. The Hall–Kier alpha value is -1.16. The molecule has 5 heteroatoms. The third kappa shape index (κ3) is 2.80. The number of ether oxygens (including phenoxy) is 1. The van der Waals surface area contributed by atoms with Gasteiger partial charge in [0, 0.05) is 23.1 Å². The SMILES string of the molecule is CCc1occc1C(NC)c1cc(Cl)c(OC)cc1Cl. The highest BCUT2D eigenvalue weighted by Crippen LogP contribution is 2.37. The quantitative estimate of drug-likeness (QED) is 0.884. The fourth-order valence-corrected chi connectivity index (χ4v) is 2.81. The van der Waals surface area contributed by atoms with E-state index < -0.39 is 0 Å². The molecule has 20 heavy (non-hydrogen) atoms. The maximum atomic E-state index is 6.36. The highest BCUT2D eigenvalue weighted by molar-refractivity contribution is 6.34. The van der Waals surface area contributed by atoms with Crippen molar-refractivity contribution in [3.8, 4) is 5.75 Å². The van der Waals surface area contributed by atoms with E-state index in [9.17, 15) is 0 Å². The topological polar surface area (TPSA) is 34.4 Å². The number of nitrogens with one attached hydrogen (secondary N) is 1. The Kier molecular flexibility index (Phi) is 4.97. The second-order valence-electron chi connectivity index (χ2n) is 4.38. The summed E-state index contributed by atoms with van der Waals surface area (Å²) in [7, 11) is 3.45. The van der Waals surface area contributed by atoms with Crippen molar-refractivity contribution in [2.45, 2.75) is 19.4 Å². The first-order chi connectivity index (χ1) is 9.62. The molecule has 2 aromatic rings. The zero-order chi connectivity index (χ0) is 14.7. The van der Waals surface area contributed by atoms with Crippen molar-refractivity contribution in [1.82, 2.24) is 5.32 Å². The van der Waals surface area contributed by atoms with Gasteiger partial charge in [0.05, 0.1) is 24.4 Å². The summed E-state index contributed by atoms with van der Waals surface area (Å²) >= 11 is 12.6. The van der Waals surface area contributed by atoms with Crippen molar-refractivity contribution in [2.24, 2.45) is 0 Å². The molecule has 3 nitrogen and oxygen atoms in total. The molecule has 0 amide bonds. The van der Waals surface area contributed by atoms with Gasteiger partial charge in [0.1, 0.15) is 11.5 Å². The molecule has 2 rings (SSSR count). The summed E-state index contributed by atoms with van der Waals surface area (Å²) in [6.07, 6.45) is 2.51. The minimum absolute atomic E-state index is 0.0698. The first-order valence-corrected chi connectivity index (χ1v) is 7.14.